The van der Waals surface area contributed by atoms with Crippen LogP contribution in [0.3, 0.4) is 0 Å². The van der Waals surface area contributed by atoms with Crippen LogP contribution in [0.2, 0.25) is 0 Å². The number of thiophene rings is 1. The number of aromatic hydroxyl groups is 1. The second-order valence-electron chi connectivity index (χ2n) is 12.9. The molecule has 1 saturated carbocycles. The van der Waals surface area contributed by atoms with E-state index < -0.39 is 0 Å². The third-order valence-electron chi connectivity index (χ3n) is 9.89. The van der Waals surface area contributed by atoms with E-state index in [4.69, 9.17) is 9.47 Å². The van der Waals surface area contributed by atoms with Crippen molar-refractivity contribution in [3.63, 3.8) is 0 Å². The van der Waals surface area contributed by atoms with Gasteiger partial charge in [0.2, 0.25) is 0 Å². The molecule has 6 heteroatoms. The lowest BCUT2D eigenvalue weighted by Crippen LogP contribution is -2.49. The molecule has 3 fully saturated rings. The molecule has 0 bridgehead atoms. The Bertz CT molecular complexity index is 1500. The van der Waals surface area contributed by atoms with E-state index in [1.54, 1.807) is 17.4 Å². The number of hydrogen-bond acceptors (Lipinski definition) is 6. The van der Waals surface area contributed by atoms with Crippen molar-refractivity contribution in [1.29, 1.82) is 0 Å². The summed E-state index contributed by atoms with van der Waals surface area (Å²) in [5, 5.41) is 11.4. The van der Waals surface area contributed by atoms with Gasteiger partial charge in [-0.05, 0) is 154 Å². The van der Waals surface area contributed by atoms with E-state index in [1.807, 2.05) is 6.07 Å². The number of phenols is 1. The van der Waals surface area contributed by atoms with Crippen molar-refractivity contribution in [3.05, 3.63) is 77.9 Å². The molecule has 1 N–H and O–H groups in total. The van der Waals surface area contributed by atoms with Crippen LogP contribution < -0.4 is 9.47 Å². The van der Waals surface area contributed by atoms with Gasteiger partial charge in [-0.2, -0.15) is 0 Å². The van der Waals surface area contributed by atoms with Gasteiger partial charge in [0, 0.05) is 22.2 Å². The van der Waals surface area contributed by atoms with Crippen LogP contribution in [-0.4, -0.2) is 66.4 Å². The summed E-state index contributed by atoms with van der Waals surface area (Å²) in [5.41, 5.74) is 3.76. The maximum absolute atomic E-state index is 10.2. The predicted octanol–water partition coefficient (Wildman–Crippen LogP) is 8.52. The summed E-state index contributed by atoms with van der Waals surface area (Å²) in [7, 11) is 0. The molecule has 232 valence electrons. The van der Waals surface area contributed by atoms with E-state index in [2.05, 4.69) is 64.4 Å². The molecule has 7 rings (SSSR count). The second-order valence-corrected chi connectivity index (χ2v) is 14.0. The summed E-state index contributed by atoms with van der Waals surface area (Å²) in [6, 6.07) is 23.7. The molecule has 2 unspecified atom stereocenters. The Morgan fingerprint density at radius 2 is 1.48 bits per heavy atom. The van der Waals surface area contributed by atoms with Gasteiger partial charge in [-0.1, -0.05) is 25.0 Å². The number of likely N-dealkylation sites (tertiary alicyclic amines) is 2. The number of hydrogen-bond donors (Lipinski definition) is 1. The minimum absolute atomic E-state index is 0.292. The number of ether oxygens (including phenoxy) is 2. The Kier molecular flexibility index (Phi) is 9.38. The number of fused-ring (bicyclic) bond motifs is 1. The highest BCUT2D eigenvalue weighted by Gasteiger charge is 2.32. The van der Waals surface area contributed by atoms with Crippen molar-refractivity contribution in [2.45, 2.75) is 76.4 Å². The molecular formula is C38H46N2O3S. The average molecular weight is 611 g/mol. The fourth-order valence-electron chi connectivity index (χ4n) is 7.50. The smallest absolute Gasteiger partial charge is 0.119 e. The fourth-order valence-corrected chi connectivity index (χ4v) is 8.76. The molecule has 1 aromatic heterocycles. The normalized spacial score (nSPS) is 21.5. The Labute approximate surface area is 266 Å². The van der Waals surface area contributed by atoms with E-state index in [1.165, 1.54) is 104 Å². The Morgan fingerprint density at radius 1 is 0.750 bits per heavy atom. The van der Waals surface area contributed by atoms with Gasteiger partial charge < -0.3 is 14.6 Å². The van der Waals surface area contributed by atoms with Crippen molar-refractivity contribution in [3.8, 4) is 27.7 Å². The number of benzene rings is 3. The molecule has 2 saturated heterocycles. The lowest BCUT2D eigenvalue weighted by Gasteiger charge is -2.41. The molecule has 0 spiro atoms. The predicted molar refractivity (Wildman–Crippen MR) is 181 cm³/mol. The topological polar surface area (TPSA) is 45.2 Å². The van der Waals surface area contributed by atoms with Gasteiger partial charge in [0.05, 0.1) is 0 Å². The Hall–Kier alpha value is -3.06. The summed E-state index contributed by atoms with van der Waals surface area (Å²) in [6.45, 7) is 6.57. The van der Waals surface area contributed by atoms with Crippen LogP contribution >= 0.6 is 11.3 Å². The van der Waals surface area contributed by atoms with Gasteiger partial charge in [-0.3, -0.25) is 9.80 Å². The quantitative estimate of drug-likeness (QED) is 0.195. The first-order chi connectivity index (χ1) is 21.7. The summed E-state index contributed by atoms with van der Waals surface area (Å²) < 4.78 is 13.9. The lowest BCUT2D eigenvalue weighted by molar-refractivity contribution is 0.0261. The largest absolute Gasteiger partial charge is 0.508 e. The lowest BCUT2D eigenvalue weighted by atomic mass is 9.90. The van der Waals surface area contributed by atoms with Gasteiger partial charge in [0.1, 0.15) is 30.0 Å². The first-order valence-electron chi connectivity index (χ1n) is 16.9. The zero-order valence-electron chi connectivity index (χ0n) is 25.9. The van der Waals surface area contributed by atoms with Gasteiger partial charge in [0.15, 0.2) is 0 Å². The maximum atomic E-state index is 10.2. The number of piperidine rings is 1. The molecule has 0 amide bonds. The van der Waals surface area contributed by atoms with Crippen LogP contribution in [0.25, 0.3) is 20.5 Å². The van der Waals surface area contributed by atoms with Crippen LogP contribution in [0.5, 0.6) is 17.2 Å². The van der Waals surface area contributed by atoms with Gasteiger partial charge in [-0.15, -0.1) is 11.3 Å². The van der Waals surface area contributed by atoms with Crippen molar-refractivity contribution < 1.29 is 14.6 Å². The number of nitrogens with zero attached hydrogens (tertiary/aromatic N) is 2. The van der Waals surface area contributed by atoms with Gasteiger partial charge in [0.25, 0.3) is 0 Å². The fraction of sp³-hybridized carbons (Fsp3) is 0.474. The van der Waals surface area contributed by atoms with E-state index >= 15 is 0 Å². The van der Waals surface area contributed by atoms with Gasteiger partial charge >= 0.3 is 0 Å². The monoisotopic (exact) mass is 610 g/mol. The van der Waals surface area contributed by atoms with Gasteiger partial charge in [-0.25, -0.2) is 0 Å². The summed E-state index contributed by atoms with van der Waals surface area (Å²) in [4.78, 5) is 6.44. The van der Waals surface area contributed by atoms with Crippen molar-refractivity contribution in [1.82, 2.24) is 9.80 Å². The third kappa shape index (κ3) is 6.93. The Balaban J connectivity index is 1.06. The highest BCUT2D eigenvalue weighted by Crippen LogP contribution is 2.41. The van der Waals surface area contributed by atoms with E-state index in [9.17, 15) is 5.11 Å². The molecule has 3 heterocycles. The maximum Gasteiger partial charge on any atom is 0.119 e. The van der Waals surface area contributed by atoms with Crippen molar-refractivity contribution >= 4 is 21.4 Å². The molecule has 3 aromatic carbocycles. The molecular weight excluding hydrogens is 564 g/mol. The van der Waals surface area contributed by atoms with Crippen LogP contribution in [0.15, 0.2) is 66.7 Å². The van der Waals surface area contributed by atoms with Crippen LogP contribution in [-0.2, 0) is 6.42 Å². The second kappa shape index (κ2) is 13.9. The van der Waals surface area contributed by atoms with Crippen LogP contribution in [0, 0.1) is 0 Å². The summed E-state index contributed by atoms with van der Waals surface area (Å²) in [5.74, 6) is 2.22. The molecule has 0 radical (unpaired) electrons. The molecule has 3 aliphatic rings. The number of rotatable bonds is 10. The van der Waals surface area contributed by atoms with Crippen molar-refractivity contribution in [2.75, 3.05) is 39.3 Å². The van der Waals surface area contributed by atoms with Crippen molar-refractivity contribution in [2.24, 2.45) is 0 Å². The SMILES string of the molecule is Oc1ccc2c(Cc3ccc(OC4CCCCC4N4CCCCC4)cc3)c(-c3ccc(OCCN4CCCC4)cc3)sc2c1. The number of phenolic OH excluding ortho intramolecular Hbond substituents is 1. The first-order valence-corrected chi connectivity index (χ1v) is 17.7. The van der Waals surface area contributed by atoms with E-state index in [0.717, 1.165) is 42.2 Å². The highest BCUT2D eigenvalue weighted by molar-refractivity contribution is 7.22. The zero-order valence-corrected chi connectivity index (χ0v) is 26.7. The minimum Gasteiger partial charge on any atom is -0.508 e. The first kappa shape index (κ1) is 29.6. The Morgan fingerprint density at radius 3 is 2.27 bits per heavy atom. The molecule has 2 atom stereocenters. The standard InChI is InChI=1S/C38H46N2O3S/c41-30-14-19-33-34(38(44-37(33)27-30)29-12-17-31(18-13-29)42-25-24-39-20-6-7-21-39)26-28-10-15-32(16-11-28)43-36-9-3-2-8-35(36)40-22-4-1-5-23-40/h10-19,27,35-36,41H,1-9,20-26H2. The highest BCUT2D eigenvalue weighted by atomic mass is 32.1. The molecule has 1 aliphatic carbocycles. The zero-order chi connectivity index (χ0) is 29.7. The molecule has 44 heavy (non-hydrogen) atoms. The van der Waals surface area contributed by atoms with Crippen LogP contribution in [0.4, 0.5) is 0 Å². The third-order valence-corrected chi connectivity index (χ3v) is 11.1. The molecule has 4 aromatic rings. The van der Waals surface area contributed by atoms with Crippen LogP contribution in [0.1, 0.15) is 68.9 Å². The summed E-state index contributed by atoms with van der Waals surface area (Å²) in [6.07, 6.45) is 12.8. The minimum atomic E-state index is 0.292. The summed E-state index contributed by atoms with van der Waals surface area (Å²) >= 11 is 1.75. The molecule has 5 nitrogen and oxygen atoms in total. The molecule has 2 aliphatic heterocycles. The van der Waals surface area contributed by atoms with E-state index in [0.29, 0.717) is 17.9 Å². The average Bonchev–Trinajstić information content (AvgIpc) is 3.71. The van der Waals surface area contributed by atoms with E-state index in [-0.39, 0.29) is 0 Å².